The van der Waals surface area contributed by atoms with E-state index in [1.165, 1.54) is 0 Å². The highest BCUT2D eigenvalue weighted by molar-refractivity contribution is 5.32. The minimum atomic E-state index is 0.328. The van der Waals surface area contributed by atoms with Gasteiger partial charge in [-0.3, -0.25) is 4.90 Å². The van der Waals surface area contributed by atoms with E-state index in [1.54, 1.807) is 7.11 Å². The smallest absolute Gasteiger partial charge is 0.123 e. The highest BCUT2D eigenvalue weighted by Crippen LogP contribution is 2.19. The molecule has 0 bridgehead atoms. The molecule has 1 heterocycles. The van der Waals surface area contributed by atoms with E-state index in [0.717, 1.165) is 44.0 Å². The lowest BCUT2D eigenvalue weighted by Crippen LogP contribution is -2.37. The van der Waals surface area contributed by atoms with E-state index >= 15 is 0 Å². The third-order valence-corrected chi connectivity index (χ3v) is 3.68. The van der Waals surface area contributed by atoms with Crippen LogP contribution in [0.4, 0.5) is 0 Å². The van der Waals surface area contributed by atoms with Gasteiger partial charge in [-0.25, -0.2) is 0 Å². The average molecular weight is 265 g/mol. The predicted molar refractivity (Wildman–Crippen MR) is 74.7 cm³/mol. The molecule has 0 amide bonds. The fraction of sp³-hybridized carbons (Fsp3) is 0.600. The van der Waals surface area contributed by atoms with Gasteiger partial charge in [-0.05, 0) is 44.0 Å². The third-order valence-electron chi connectivity index (χ3n) is 3.68. The van der Waals surface area contributed by atoms with Gasteiger partial charge in [0.05, 0.1) is 7.11 Å². The number of methoxy groups -OCH3 is 1. The molecule has 4 heteroatoms. The number of likely N-dealkylation sites (tertiary alicyclic amines) is 1. The molecule has 106 valence electrons. The Morgan fingerprint density at radius 1 is 1.26 bits per heavy atom. The fourth-order valence-corrected chi connectivity index (χ4v) is 2.38. The maximum atomic E-state index is 9.10. The van der Waals surface area contributed by atoms with Crippen molar-refractivity contribution >= 4 is 0 Å². The Morgan fingerprint density at radius 3 is 2.68 bits per heavy atom. The van der Waals surface area contributed by atoms with E-state index < -0.39 is 0 Å². The first kappa shape index (κ1) is 14.2. The molecule has 0 unspecified atom stereocenters. The van der Waals surface area contributed by atoms with E-state index in [4.69, 9.17) is 14.6 Å². The van der Waals surface area contributed by atoms with Crippen molar-refractivity contribution in [3.8, 4) is 11.5 Å². The normalized spacial score (nSPS) is 17.4. The zero-order valence-corrected chi connectivity index (χ0v) is 11.5. The Kier molecular flexibility index (Phi) is 5.48. The molecular formula is C15H23NO3. The van der Waals surface area contributed by atoms with Crippen molar-refractivity contribution in [2.24, 2.45) is 5.92 Å². The lowest BCUT2D eigenvalue weighted by Gasteiger charge is -2.30. The molecule has 1 aliphatic rings. The van der Waals surface area contributed by atoms with E-state index in [9.17, 15) is 0 Å². The van der Waals surface area contributed by atoms with Gasteiger partial charge in [-0.2, -0.15) is 0 Å². The van der Waals surface area contributed by atoms with Crippen LogP contribution in [0.5, 0.6) is 11.5 Å². The van der Waals surface area contributed by atoms with Crippen molar-refractivity contribution in [1.82, 2.24) is 4.90 Å². The molecule has 1 N–H and O–H groups in total. The van der Waals surface area contributed by atoms with Crippen LogP contribution in [0.25, 0.3) is 0 Å². The molecule has 1 aromatic carbocycles. The number of hydrogen-bond acceptors (Lipinski definition) is 4. The largest absolute Gasteiger partial charge is 0.497 e. The number of aliphatic hydroxyl groups excluding tert-OH is 1. The predicted octanol–water partition coefficient (Wildman–Crippen LogP) is 1.78. The van der Waals surface area contributed by atoms with Crippen LogP contribution in [0.1, 0.15) is 12.8 Å². The van der Waals surface area contributed by atoms with Gasteiger partial charge in [-0.15, -0.1) is 0 Å². The van der Waals surface area contributed by atoms with Crippen LogP contribution in [0.15, 0.2) is 24.3 Å². The first-order valence-electron chi connectivity index (χ1n) is 6.92. The third kappa shape index (κ3) is 4.40. The molecule has 0 aromatic heterocycles. The molecule has 4 nitrogen and oxygen atoms in total. The Balaban J connectivity index is 1.69. The Labute approximate surface area is 114 Å². The molecule has 0 aliphatic carbocycles. The van der Waals surface area contributed by atoms with Gasteiger partial charge in [0.25, 0.3) is 0 Å². The summed E-state index contributed by atoms with van der Waals surface area (Å²) in [6.45, 7) is 4.08. The minimum absolute atomic E-state index is 0.328. The lowest BCUT2D eigenvalue weighted by atomic mass is 9.98. The standard InChI is InChI=1S/C15H23NO3/c1-18-14-3-2-4-15(11-14)19-10-9-16-7-5-13(12-17)6-8-16/h2-4,11,13,17H,5-10,12H2,1H3. The van der Waals surface area contributed by atoms with Crippen LogP contribution < -0.4 is 9.47 Å². The second-order valence-corrected chi connectivity index (χ2v) is 5.00. The van der Waals surface area contributed by atoms with Crippen LogP contribution in [-0.4, -0.2) is 50.0 Å². The molecular weight excluding hydrogens is 242 g/mol. The van der Waals surface area contributed by atoms with Crippen molar-refractivity contribution < 1.29 is 14.6 Å². The fourth-order valence-electron chi connectivity index (χ4n) is 2.38. The number of ether oxygens (including phenoxy) is 2. The summed E-state index contributed by atoms with van der Waals surface area (Å²) in [7, 11) is 1.66. The Morgan fingerprint density at radius 2 is 2.00 bits per heavy atom. The van der Waals surface area contributed by atoms with Gasteiger partial charge in [0.2, 0.25) is 0 Å². The molecule has 1 saturated heterocycles. The molecule has 1 aliphatic heterocycles. The lowest BCUT2D eigenvalue weighted by molar-refractivity contribution is 0.118. The van der Waals surface area contributed by atoms with Gasteiger partial charge in [0.15, 0.2) is 0 Å². The van der Waals surface area contributed by atoms with E-state index in [0.29, 0.717) is 19.1 Å². The molecule has 0 radical (unpaired) electrons. The summed E-state index contributed by atoms with van der Waals surface area (Å²) in [5.74, 6) is 2.17. The SMILES string of the molecule is COc1cccc(OCCN2CCC(CO)CC2)c1. The van der Waals surface area contributed by atoms with Crippen LogP contribution in [0.3, 0.4) is 0 Å². The summed E-state index contributed by atoms with van der Waals surface area (Å²) >= 11 is 0. The number of rotatable bonds is 6. The summed E-state index contributed by atoms with van der Waals surface area (Å²) in [4.78, 5) is 2.40. The van der Waals surface area contributed by atoms with Gasteiger partial charge < -0.3 is 14.6 Å². The van der Waals surface area contributed by atoms with Gasteiger partial charge in [-0.1, -0.05) is 6.07 Å². The maximum Gasteiger partial charge on any atom is 0.123 e. The second kappa shape index (κ2) is 7.36. The number of aliphatic hydroxyl groups is 1. The Hall–Kier alpha value is -1.26. The van der Waals surface area contributed by atoms with Crippen LogP contribution in [-0.2, 0) is 0 Å². The number of benzene rings is 1. The topological polar surface area (TPSA) is 41.9 Å². The highest BCUT2D eigenvalue weighted by atomic mass is 16.5. The number of hydrogen-bond donors (Lipinski definition) is 1. The van der Waals surface area contributed by atoms with Gasteiger partial charge >= 0.3 is 0 Å². The molecule has 1 fully saturated rings. The summed E-state index contributed by atoms with van der Waals surface area (Å²) < 4.78 is 10.9. The van der Waals surface area contributed by atoms with E-state index in [-0.39, 0.29) is 0 Å². The van der Waals surface area contributed by atoms with Crippen molar-refractivity contribution in [2.75, 3.05) is 40.0 Å². The van der Waals surface area contributed by atoms with Crippen LogP contribution in [0, 0.1) is 5.92 Å². The molecule has 0 spiro atoms. The summed E-state index contributed by atoms with van der Waals surface area (Å²) in [6, 6.07) is 7.69. The first-order chi connectivity index (χ1) is 9.31. The van der Waals surface area contributed by atoms with Crippen molar-refractivity contribution in [1.29, 1.82) is 0 Å². The maximum absolute atomic E-state index is 9.10. The van der Waals surface area contributed by atoms with Gasteiger partial charge in [0.1, 0.15) is 18.1 Å². The van der Waals surface area contributed by atoms with Crippen LogP contribution in [0.2, 0.25) is 0 Å². The highest BCUT2D eigenvalue weighted by Gasteiger charge is 2.17. The number of nitrogens with zero attached hydrogens (tertiary/aromatic N) is 1. The van der Waals surface area contributed by atoms with Crippen LogP contribution >= 0.6 is 0 Å². The molecule has 0 saturated carbocycles. The zero-order chi connectivity index (χ0) is 13.5. The Bertz CT molecular complexity index is 375. The van der Waals surface area contributed by atoms with E-state index in [1.807, 2.05) is 24.3 Å². The van der Waals surface area contributed by atoms with E-state index in [2.05, 4.69) is 4.90 Å². The van der Waals surface area contributed by atoms with Crippen molar-refractivity contribution in [3.05, 3.63) is 24.3 Å². The summed E-state index contributed by atoms with van der Waals surface area (Å²) in [5, 5.41) is 9.10. The number of piperidine rings is 1. The molecule has 0 atom stereocenters. The molecule has 19 heavy (non-hydrogen) atoms. The average Bonchev–Trinajstić information content (AvgIpc) is 2.48. The van der Waals surface area contributed by atoms with Gasteiger partial charge in [0, 0.05) is 19.2 Å². The summed E-state index contributed by atoms with van der Waals surface area (Å²) in [6.07, 6.45) is 2.19. The quantitative estimate of drug-likeness (QED) is 0.851. The second-order valence-electron chi connectivity index (χ2n) is 5.00. The molecule has 2 rings (SSSR count). The monoisotopic (exact) mass is 265 g/mol. The minimum Gasteiger partial charge on any atom is -0.497 e. The first-order valence-corrected chi connectivity index (χ1v) is 6.92. The zero-order valence-electron chi connectivity index (χ0n) is 11.5. The molecule has 1 aromatic rings. The van der Waals surface area contributed by atoms with Crippen molar-refractivity contribution in [3.63, 3.8) is 0 Å². The summed E-state index contributed by atoms with van der Waals surface area (Å²) in [5.41, 5.74) is 0. The van der Waals surface area contributed by atoms with Crippen molar-refractivity contribution in [2.45, 2.75) is 12.8 Å².